The van der Waals surface area contributed by atoms with E-state index in [1.165, 1.54) is 0 Å². The van der Waals surface area contributed by atoms with Crippen LogP contribution in [0.25, 0.3) is 0 Å². The number of nitrogens with two attached hydrogens (primary N) is 1. The number of ether oxygens (including phenoxy) is 1. The summed E-state index contributed by atoms with van der Waals surface area (Å²) in [6.07, 6.45) is 0. The summed E-state index contributed by atoms with van der Waals surface area (Å²) in [4.78, 5) is 10.9. The summed E-state index contributed by atoms with van der Waals surface area (Å²) in [5.41, 5.74) is 6.78. The monoisotopic (exact) mass is 242 g/mol. The highest BCUT2D eigenvalue weighted by atomic mass is 35.5. The van der Waals surface area contributed by atoms with E-state index in [4.69, 9.17) is 22.1 Å². The first-order valence-electron chi connectivity index (χ1n) is 4.85. The van der Waals surface area contributed by atoms with E-state index < -0.39 is 11.9 Å². The van der Waals surface area contributed by atoms with Crippen LogP contribution in [0, 0.1) is 6.92 Å². The Labute approximate surface area is 99.7 Å². The zero-order chi connectivity index (χ0) is 12.3. The summed E-state index contributed by atoms with van der Waals surface area (Å²) in [5.74, 6) is 0.165. The summed E-state index contributed by atoms with van der Waals surface area (Å²) in [6, 6.07) is 3.06. The number of methoxy groups -OCH3 is 1. The Hall–Kier alpha value is -1.42. The second-order valence-corrected chi connectivity index (χ2v) is 3.98. The molecular formula is C11H15ClN2O2. The highest BCUT2D eigenvalue weighted by Gasteiger charge is 2.12. The predicted molar refractivity (Wildman–Crippen MR) is 65.0 cm³/mol. The van der Waals surface area contributed by atoms with Crippen molar-refractivity contribution in [2.75, 3.05) is 12.4 Å². The van der Waals surface area contributed by atoms with E-state index in [0.717, 1.165) is 5.56 Å². The molecule has 88 valence electrons. The lowest BCUT2D eigenvalue weighted by molar-refractivity contribution is -0.118. The van der Waals surface area contributed by atoms with Crippen LogP contribution in [0.2, 0.25) is 5.02 Å². The number of hydrogen-bond donors (Lipinski definition) is 2. The molecule has 0 aliphatic heterocycles. The smallest absolute Gasteiger partial charge is 0.239 e. The Morgan fingerprint density at radius 2 is 2.19 bits per heavy atom. The maximum absolute atomic E-state index is 10.9. The maximum atomic E-state index is 10.9. The van der Waals surface area contributed by atoms with E-state index in [2.05, 4.69) is 5.32 Å². The Morgan fingerprint density at radius 3 is 2.69 bits per heavy atom. The molecule has 1 amide bonds. The SMILES string of the molecule is COc1cc(Cl)c(C)cc1NC(C)C(N)=O. The number of halogens is 1. The molecule has 1 rings (SSSR count). The molecule has 4 nitrogen and oxygen atoms in total. The molecule has 1 aromatic rings. The number of nitrogens with one attached hydrogen (secondary N) is 1. The van der Waals surface area contributed by atoms with E-state index in [-0.39, 0.29) is 0 Å². The Morgan fingerprint density at radius 1 is 1.56 bits per heavy atom. The number of hydrogen-bond acceptors (Lipinski definition) is 3. The molecule has 1 aromatic carbocycles. The molecule has 1 atom stereocenters. The number of carbonyl (C=O) groups excluding carboxylic acids is 1. The first-order chi connectivity index (χ1) is 7.45. The standard InChI is InChI=1S/C11H15ClN2O2/c1-6-4-9(14-7(2)11(13)15)10(16-3)5-8(6)12/h4-5,7,14H,1-3H3,(H2,13,15). The van der Waals surface area contributed by atoms with Crippen LogP contribution in [-0.2, 0) is 4.79 Å². The average molecular weight is 243 g/mol. The van der Waals surface area contributed by atoms with Crippen LogP contribution in [0.3, 0.4) is 0 Å². The van der Waals surface area contributed by atoms with Gasteiger partial charge in [0.05, 0.1) is 12.8 Å². The number of rotatable bonds is 4. The summed E-state index contributed by atoms with van der Waals surface area (Å²) in [7, 11) is 1.54. The van der Waals surface area contributed by atoms with Crippen LogP contribution in [-0.4, -0.2) is 19.1 Å². The van der Waals surface area contributed by atoms with Gasteiger partial charge in [0.2, 0.25) is 5.91 Å². The minimum atomic E-state index is -0.463. The van der Waals surface area contributed by atoms with Crippen LogP contribution < -0.4 is 15.8 Å². The second kappa shape index (κ2) is 5.07. The van der Waals surface area contributed by atoms with Crippen LogP contribution >= 0.6 is 11.6 Å². The van der Waals surface area contributed by atoms with Gasteiger partial charge in [-0.15, -0.1) is 0 Å². The number of amides is 1. The van der Waals surface area contributed by atoms with Gasteiger partial charge >= 0.3 is 0 Å². The minimum absolute atomic E-state index is 0.422. The molecule has 0 aliphatic rings. The van der Waals surface area contributed by atoms with Crippen molar-refractivity contribution in [3.8, 4) is 5.75 Å². The lowest BCUT2D eigenvalue weighted by Gasteiger charge is -2.16. The van der Waals surface area contributed by atoms with Crippen molar-refractivity contribution < 1.29 is 9.53 Å². The van der Waals surface area contributed by atoms with E-state index >= 15 is 0 Å². The molecule has 0 bridgehead atoms. The molecule has 1 unspecified atom stereocenters. The number of primary amides is 1. The van der Waals surface area contributed by atoms with E-state index in [0.29, 0.717) is 16.5 Å². The molecular weight excluding hydrogens is 228 g/mol. The van der Waals surface area contributed by atoms with Gasteiger partial charge in [-0.25, -0.2) is 0 Å². The van der Waals surface area contributed by atoms with Gasteiger partial charge in [0, 0.05) is 11.1 Å². The van der Waals surface area contributed by atoms with Crippen LogP contribution in [0.4, 0.5) is 5.69 Å². The predicted octanol–water partition coefficient (Wildman–Crippen LogP) is 1.94. The molecule has 16 heavy (non-hydrogen) atoms. The first-order valence-corrected chi connectivity index (χ1v) is 5.23. The van der Waals surface area contributed by atoms with Gasteiger partial charge in [0.1, 0.15) is 11.8 Å². The third-order valence-electron chi connectivity index (χ3n) is 2.28. The Balaban J connectivity index is 3.03. The normalized spacial score (nSPS) is 12.0. The molecule has 0 spiro atoms. The second-order valence-electron chi connectivity index (χ2n) is 3.57. The van der Waals surface area contributed by atoms with Crippen molar-refractivity contribution in [2.24, 2.45) is 5.73 Å². The molecule has 0 heterocycles. The van der Waals surface area contributed by atoms with Crippen LogP contribution in [0.5, 0.6) is 5.75 Å². The highest BCUT2D eigenvalue weighted by Crippen LogP contribution is 2.31. The molecule has 0 fully saturated rings. The topological polar surface area (TPSA) is 64.3 Å². The molecule has 0 saturated heterocycles. The summed E-state index contributed by atoms with van der Waals surface area (Å²) in [5, 5.41) is 3.59. The largest absolute Gasteiger partial charge is 0.495 e. The Kier molecular flexibility index (Phi) is 4.01. The van der Waals surface area contributed by atoms with Gasteiger partial charge in [-0.1, -0.05) is 11.6 Å². The molecule has 0 saturated carbocycles. The third kappa shape index (κ3) is 2.79. The molecule has 0 aliphatic carbocycles. The summed E-state index contributed by atoms with van der Waals surface area (Å²) >= 11 is 5.96. The van der Waals surface area contributed by atoms with Gasteiger partial charge in [-0.05, 0) is 25.5 Å². The maximum Gasteiger partial charge on any atom is 0.239 e. The fourth-order valence-electron chi connectivity index (χ4n) is 1.25. The van der Waals surface area contributed by atoms with E-state index in [1.54, 1.807) is 20.1 Å². The number of carbonyl (C=O) groups is 1. The van der Waals surface area contributed by atoms with Crippen LogP contribution in [0.1, 0.15) is 12.5 Å². The Bertz CT molecular complexity index is 407. The van der Waals surface area contributed by atoms with E-state index in [9.17, 15) is 4.79 Å². The lowest BCUT2D eigenvalue weighted by Crippen LogP contribution is -2.32. The molecule has 5 heteroatoms. The third-order valence-corrected chi connectivity index (χ3v) is 2.69. The average Bonchev–Trinajstić information content (AvgIpc) is 2.22. The summed E-state index contributed by atoms with van der Waals surface area (Å²) < 4.78 is 5.16. The van der Waals surface area contributed by atoms with Crippen molar-refractivity contribution in [3.05, 3.63) is 22.7 Å². The van der Waals surface area contributed by atoms with Crippen molar-refractivity contribution in [1.29, 1.82) is 0 Å². The zero-order valence-corrected chi connectivity index (χ0v) is 10.3. The van der Waals surface area contributed by atoms with Crippen molar-refractivity contribution in [2.45, 2.75) is 19.9 Å². The van der Waals surface area contributed by atoms with Gasteiger partial charge in [0.15, 0.2) is 0 Å². The zero-order valence-electron chi connectivity index (χ0n) is 9.50. The fraction of sp³-hybridized carbons (Fsp3) is 0.364. The van der Waals surface area contributed by atoms with Gasteiger partial charge < -0.3 is 15.8 Å². The quantitative estimate of drug-likeness (QED) is 0.848. The minimum Gasteiger partial charge on any atom is -0.495 e. The van der Waals surface area contributed by atoms with Crippen molar-refractivity contribution in [3.63, 3.8) is 0 Å². The summed E-state index contributed by atoms with van der Waals surface area (Å²) in [6.45, 7) is 3.56. The first kappa shape index (κ1) is 12.6. The fourth-order valence-corrected chi connectivity index (χ4v) is 1.40. The molecule has 3 N–H and O–H groups in total. The van der Waals surface area contributed by atoms with E-state index in [1.807, 2.05) is 13.0 Å². The van der Waals surface area contributed by atoms with Crippen LogP contribution in [0.15, 0.2) is 12.1 Å². The van der Waals surface area contributed by atoms with Gasteiger partial charge in [0.25, 0.3) is 0 Å². The molecule has 0 radical (unpaired) electrons. The number of anilines is 1. The van der Waals surface area contributed by atoms with Gasteiger partial charge in [-0.2, -0.15) is 0 Å². The van der Waals surface area contributed by atoms with Gasteiger partial charge in [-0.3, -0.25) is 4.79 Å². The van der Waals surface area contributed by atoms with Crippen molar-refractivity contribution in [1.82, 2.24) is 0 Å². The lowest BCUT2D eigenvalue weighted by atomic mass is 10.2. The highest BCUT2D eigenvalue weighted by molar-refractivity contribution is 6.31. The van der Waals surface area contributed by atoms with Crippen molar-refractivity contribution >= 4 is 23.2 Å². The number of benzene rings is 1. The number of aryl methyl sites for hydroxylation is 1. The molecule has 0 aromatic heterocycles.